The molecule has 0 unspecified atom stereocenters. The molecule has 5 heteroatoms. The van der Waals surface area contributed by atoms with Gasteiger partial charge in [0.15, 0.2) is 11.5 Å². The summed E-state index contributed by atoms with van der Waals surface area (Å²) in [5, 5.41) is 2.92. The number of rotatable bonds is 6. The fourth-order valence-corrected chi connectivity index (χ4v) is 2.65. The van der Waals surface area contributed by atoms with Crippen LogP contribution in [0.5, 0.6) is 11.5 Å². The zero-order valence-corrected chi connectivity index (χ0v) is 14.7. The summed E-state index contributed by atoms with van der Waals surface area (Å²) >= 11 is 2.16. The van der Waals surface area contributed by atoms with E-state index in [0.29, 0.717) is 30.2 Å². The van der Waals surface area contributed by atoms with E-state index in [9.17, 15) is 4.79 Å². The molecular formula is C17H18INO3. The smallest absolute Gasteiger partial charge is 0.252 e. The number of benzene rings is 2. The predicted molar refractivity (Wildman–Crippen MR) is 94.5 cm³/mol. The van der Waals surface area contributed by atoms with Crippen LogP contribution in [0.2, 0.25) is 0 Å². The Morgan fingerprint density at radius 1 is 1.18 bits per heavy atom. The fraction of sp³-hybridized carbons (Fsp3) is 0.235. The third kappa shape index (κ3) is 4.13. The number of halogens is 1. The molecule has 1 amide bonds. The van der Waals surface area contributed by atoms with E-state index in [1.54, 1.807) is 7.11 Å². The predicted octanol–water partition coefficient (Wildman–Crippen LogP) is 3.63. The highest BCUT2D eigenvalue weighted by atomic mass is 127. The van der Waals surface area contributed by atoms with E-state index >= 15 is 0 Å². The van der Waals surface area contributed by atoms with Crippen molar-refractivity contribution < 1.29 is 14.3 Å². The maximum atomic E-state index is 12.2. The Labute approximate surface area is 144 Å². The van der Waals surface area contributed by atoms with Crippen LogP contribution >= 0.6 is 22.6 Å². The Bertz CT molecular complexity index is 658. The summed E-state index contributed by atoms with van der Waals surface area (Å²) in [6.07, 6.45) is 0. The van der Waals surface area contributed by atoms with Crippen LogP contribution in [0.4, 0.5) is 0 Å². The third-order valence-electron chi connectivity index (χ3n) is 3.10. The molecule has 0 saturated carbocycles. The topological polar surface area (TPSA) is 47.6 Å². The maximum absolute atomic E-state index is 12.2. The number of carbonyl (C=O) groups excluding carboxylic acids is 1. The molecule has 0 heterocycles. The van der Waals surface area contributed by atoms with Crippen LogP contribution in [0.25, 0.3) is 0 Å². The van der Waals surface area contributed by atoms with Crippen molar-refractivity contribution in [2.24, 2.45) is 0 Å². The average molecular weight is 411 g/mol. The van der Waals surface area contributed by atoms with Crippen LogP contribution in [-0.4, -0.2) is 19.6 Å². The normalized spacial score (nSPS) is 10.1. The summed E-state index contributed by atoms with van der Waals surface area (Å²) < 4.78 is 11.7. The molecule has 4 nitrogen and oxygen atoms in total. The summed E-state index contributed by atoms with van der Waals surface area (Å²) in [4.78, 5) is 12.2. The van der Waals surface area contributed by atoms with Gasteiger partial charge in [-0.25, -0.2) is 0 Å². The Balaban J connectivity index is 2.07. The molecule has 0 bridgehead atoms. The van der Waals surface area contributed by atoms with E-state index in [1.807, 2.05) is 49.4 Å². The third-order valence-corrected chi connectivity index (χ3v) is 4.04. The fourth-order valence-electron chi connectivity index (χ4n) is 2.02. The number of carbonyl (C=O) groups is 1. The molecule has 2 aromatic rings. The number of amides is 1. The second kappa shape index (κ2) is 8.03. The first-order valence-electron chi connectivity index (χ1n) is 6.98. The summed E-state index contributed by atoms with van der Waals surface area (Å²) in [5.74, 6) is 1.29. The first kappa shape index (κ1) is 16.6. The molecule has 0 spiro atoms. The molecule has 22 heavy (non-hydrogen) atoms. The number of hydrogen-bond acceptors (Lipinski definition) is 3. The second-order valence-electron chi connectivity index (χ2n) is 4.58. The number of hydrogen-bond donors (Lipinski definition) is 1. The van der Waals surface area contributed by atoms with Crippen molar-refractivity contribution in [3.8, 4) is 11.5 Å². The van der Waals surface area contributed by atoms with Gasteiger partial charge < -0.3 is 14.8 Å². The van der Waals surface area contributed by atoms with Crippen LogP contribution in [-0.2, 0) is 6.54 Å². The lowest BCUT2D eigenvalue weighted by molar-refractivity contribution is 0.0950. The van der Waals surface area contributed by atoms with E-state index in [2.05, 4.69) is 27.9 Å². The van der Waals surface area contributed by atoms with E-state index in [4.69, 9.17) is 9.47 Å². The van der Waals surface area contributed by atoms with Gasteiger partial charge in [0, 0.05) is 10.1 Å². The average Bonchev–Trinajstić information content (AvgIpc) is 2.53. The summed E-state index contributed by atoms with van der Waals surface area (Å²) in [6, 6.07) is 13.1. The standard InChI is InChI=1S/C17H18INO3/c1-3-22-16-10-12(8-9-15(16)21-2)11-19-17(20)13-6-4-5-7-14(13)18/h4-10H,3,11H2,1-2H3,(H,19,20). The minimum Gasteiger partial charge on any atom is -0.493 e. The molecular weight excluding hydrogens is 393 g/mol. The highest BCUT2D eigenvalue weighted by molar-refractivity contribution is 14.1. The number of nitrogens with one attached hydrogen (secondary N) is 1. The van der Waals surface area contributed by atoms with Crippen LogP contribution in [0.15, 0.2) is 42.5 Å². The van der Waals surface area contributed by atoms with Gasteiger partial charge in [-0.2, -0.15) is 0 Å². The molecule has 0 aromatic heterocycles. The van der Waals surface area contributed by atoms with Gasteiger partial charge >= 0.3 is 0 Å². The van der Waals surface area contributed by atoms with Gasteiger partial charge in [-0.3, -0.25) is 4.79 Å². The Kier molecular flexibility index (Phi) is 6.06. The Morgan fingerprint density at radius 2 is 1.95 bits per heavy atom. The monoisotopic (exact) mass is 411 g/mol. The van der Waals surface area contributed by atoms with E-state index in [1.165, 1.54) is 0 Å². The van der Waals surface area contributed by atoms with Crippen molar-refractivity contribution in [3.63, 3.8) is 0 Å². The zero-order valence-electron chi connectivity index (χ0n) is 12.6. The molecule has 0 saturated heterocycles. The van der Waals surface area contributed by atoms with E-state index in [-0.39, 0.29) is 5.91 Å². The second-order valence-corrected chi connectivity index (χ2v) is 5.74. The van der Waals surface area contributed by atoms with Crippen molar-refractivity contribution >= 4 is 28.5 Å². The molecule has 1 N–H and O–H groups in total. The van der Waals surface area contributed by atoms with Gasteiger partial charge in [0.25, 0.3) is 5.91 Å². The van der Waals surface area contributed by atoms with Crippen molar-refractivity contribution in [2.75, 3.05) is 13.7 Å². The van der Waals surface area contributed by atoms with Crippen LogP contribution < -0.4 is 14.8 Å². The largest absolute Gasteiger partial charge is 0.493 e. The van der Waals surface area contributed by atoms with Crippen LogP contribution in [0.3, 0.4) is 0 Å². The molecule has 0 aliphatic rings. The first-order valence-corrected chi connectivity index (χ1v) is 8.06. The Hall–Kier alpha value is -1.76. The molecule has 0 fully saturated rings. The van der Waals surface area contributed by atoms with Gasteiger partial charge in [-0.1, -0.05) is 18.2 Å². The Morgan fingerprint density at radius 3 is 2.64 bits per heavy atom. The maximum Gasteiger partial charge on any atom is 0.252 e. The summed E-state index contributed by atoms with van der Waals surface area (Å²) in [7, 11) is 1.61. The van der Waals surface area contributed by atoms with Crippen LogP contribution in [0, 0.1) is 3.57 Å². The summed E-state index contributed by atoms with van der Waals surface area (Å²) in [6.45, 7) is 2.92. The highest BCUT2D eigenvalue weighted by Crippen LogP contribution is 2.28. The SMILES string of the molecule is CCOc1cc(CNC(=O)c2ccccc2I)ccc1OC. The molecule has 116 valence electrons. The lowest BCUT2D eigenvalue weighted by Crippen LogP contribution is -2.23. The minimum absolute atomic E-state index is 0.0845. The lowest BCUT2D eigenvalue weighted by atomic mass is 10.1. The van der Waals surface area contributed by atoms with Crippen molar-refractivity contribution in [2.45, 2.75) is 13.5 Å². The quantitative estimate of drug-likeness (QED) is 0.739. The molecule has 0 aliphatic heterocycles. The van der Waals surface area contributed by atoms with E-state index < -0.39 is 0 Å². The van der Waals surface area contributed by atoms with Gasteiger partial charge in [0.05, 0.1) is 19.3 Å². The van der Waals surface area contributed by atoms with Crippen molar-refractivity contribution in [1.82, 2.24) is 5.32 Å². The van der Waals surface area contributed by atoms with E-state index in [0.717, 1.165) is 9.13 Å². The highest BCUT2D eigenvalue weighted by Gasteiger charge is 2.10. The first-order chi connectivity index (χ1) is 10.7. The molecule has 2 rings (SSSR count). The summed E-state index contributed by atoms with van der Waals surface area (Å²) in [5.41, 5.74) is 1.64. The van der Waals surface area contributed by atoms with Gasteiger partial charge in [-0.15, -0.1) is 0 Å². The van der Waals surface area contributed by atoms with Gasteiger partial charge in [-0.05, 0) is 59.3 Å². The number of methoxy groups -OCH3 is 1. The van der Waals surface area contributed by atoms with Crippen molar-refractivity contribution in [1.29, 1.82) is 0 Å². The molecule has 2 aromatic carbocycles. The van der Waals surface area contributed by atoms with Gasteiger partial charge in [0.1, 0.15) is 0 Å². The zero-order chi connectivity index (χ0) is 15.9. The van der Waals surface area contributed by atoms with Crippen LogP contribution in [0.1, 0.15) is 22.8 Å². The van der Waals surface area contributed by atoms with Crippen molar-refractivity contribution in [3.05, 3.63) is 57.2 Å². The van der Waals surface area contributed by atoms with Gasteiger partial charge in [0.2, 0.25) is 0 Å². The number of ether oxygens (including phenoxy) is 2. The lowest BCUT2D eigenvalue weighted by Gasteiger charge is -2.12. The molecule has 0 aliphatic carbocycles. The molecule has 0 atom stereocenters. The minimum atomic E-state index is -0.0845. The molecule has 0 radical (unpaired) electrons.